The Morgan fingerprint density at radius 2 is 1.86 bits per heavy atom. The molecule has 2 aromatic carbocycles. The molecule has 0 aliphatic heterocycles. The van der Waals surface area contributed by atoms with Gasteiger partial charge in [-0.25, -0.2) is 4.98 Å². The quantitative estimate of drug-likeness (QED) is 0.638. The third kappa shape index (κ3) is 4.55. The normalized spacial score (nSPS) is 10.8. The molecule has 1 heterocycles. The van der Waals surface area contributed by atoms with Crippen LogP contribution in [0.4, 0.5) is 5.13 Å². The smallest absolute Gasteiger partial charge is 0.284 e. The van der Waals surface area contributed by atoms with Gasteiger partial charge in [0.25, 0.3) is 11.8 Å². The summed E-state index contributed by atoms with van der Waals surface area (Å²) in [6, 6.07) is 14.0. The highest BCUT2D eigenvalue weighted by molar-refractivity contribution is 7.22. The summed E-state index contributed by atoms with van der Waals surface area (Å²) in [6.45, 7) is 4.98. The van der Waals surface area contributed by atoms with E-state index in [-0.39, 0.29) is 24.9 Å². The molecule has 0 bridgehead atoms. The molecule has 0 atom stereocenters. The molecule has 6 nitrogen and oxygen atoms in total. The minimum Gasteiger partial charge on any atom is -0.354 e. The van der Waals surface area contributed by atoms with Gasteiger partial charge in [-0.15, -0.1) is 0 Å². The summed E-state index contributed by atoms with van der Waals surface area (Å²) in [5, 5.41) is 4.96. The molecule has 2 amide bonds. The Morgan fingerprint density at radius 1 is 1.11 bits per heavy atom. The van der Waals surface area contributed by atoms with Crippen molar-refractivity contribution in [2.75, 3.05) is 25.0 Å². The van der Waals surface area contributed by atoms with Crippen LogP contribution in [0, 0.1) is 13.8 Å². The highest BCUT2D eigenvalue weighted by Gasteiger charge is 2.22. The number of nitrogens with two attached hydrogens (primary N) is 1. The molecule has 0 aliphatic carbocycles. The molecule has 0 radical (unpaired) electrons. The van der Waals surface area contributed by atoms with Gasteiger partial charge in [0.2, 0.25) is 0 Å². The van der Waals surface area contributed by atoms with Crippen LogP contribution in [-0.4, -0.2) is 36.9 Å². The van der Waals surface area contributed by atoms with E-state index in [4.69, 9.17) is 4.98 Å². The second kappa shape index (κ2) is 8.95. The van der Waals surface area contributed by atoms with Crippen LogP contribution in [-0.2, 0) is 16.1 Å². The number of hydrogen-bond acceptors (Lipinski definition) is 4. The molecule has 0 fully saturated rings. The number of carbonyl (C=O) groups excluding carboxylic acids is 2. The number of thiazole rings is 1. The van der Waals surface area contributed by atoms with Crippen molar-refractivity contribution in [2.45, 2.75) is 20.4 Å². The SMILES string of the molecule is CNC(=O)C[NH2+]CC(=O)N(Cc1ccccc1)c1nc2c(C)c(C)ccc2s1. The first-order valence-corrected chi connectivity index (χ1v) is 10.0. The lowest BCUT2D eigenvalue weighted by atomic mass is 10.1. The maximum atomic E-state index is 13.0. The van der Waals surface area contributed by atoms with Crippen LogP contribution in [0.25, 0.3) is 10.2 Å². The fraction of sp³-hybridized carbons (Fsp3) is 0.286. The minimum absolute atomic E-state index is 0.0683. The zero-order valence-electron chi connectivity index (χ0n) is 16.4. The summed E-state index contributed by atoms with van der Waals surface area (Å²) in [5.41, 5.74) is 4.30. The van der Waals surface area contributed by atoms with Crippen LogP contribution in [0.2, 0.25) is 0 Å². The number of nitrogens with zero attached hydrogens (tertiary/aromatic N) is 2. The van der Waals surface area contributed by atoms with Gasteiger partial charge in [0.1, 0.15) is 0 Å². The Labute approximate surface area is 168 Å². The van der Waals surface area contributed by atoms with Crippen molar-refractivity contribution in [3.05, 3.63) is 59.2 Å². The second-order valence-electron chi connectivity index (χ2n) is 6.69. The van der Waals surface area contributed by atoms with Crippen LogP contribution in [0.5, 0.6) is 0 Å². The van der Waals surface area contributed by atoms with E-state index in [2.05, 4.69) is 31.3 Å². The number of nitrogens with one attached hydrogen (secondary N) is 1. The molecule has 3 aromatic rings. The highest BCUT2D eigenvalue weighted by atomic mass is 32.1. The van der Waals surface area contributed by atoms with Crippen molar-refractivity contribution in [3.8, 4) is 0 Å². The van der Waals surface area contributed by atoms with Crippen LogP contribution < -0.4 is 15.5 Å². The Bertz CT molecular complexity index is 985. The summed E-state index contributed by atoms with van der Waals surface area (Å²) >= 11 is 1.52. The summed E-state index contributed by atoms with van der Waals surface area (Å²) < 4.78 is 1.07. The van der Waals surface area contributed by atoms with E-state index in [0.717, 1.165) is 21.3 Å². The van der Waals surface area contributed by atoms with Crippen molar-refractivity contribution in [1.82, 2.24) is 10.3 Å². The number of benzene rings is 2. The molecule has 146 valence electrons. The number of hydrogen-bond donors (Lipinski definition) is 2. The van der Waals surface area contributed by atoms with Crippen LogP contribution in [0.3, 0.4) is 0 Å². The molecule has 0 aliphatic rings. The second-order valence-corrected chi connectivity index (χ2v) is 7.70. The van der Waals surface area contributed by atoms with E-state index in [9.17, 15) is 9.59 Å². The summed E-state index contributed by atoms with van der Waals surface area (Å²) in [5.74, 6) is -0.172. The molecule has 3 rings (SSSR count). The maximum Gasteiger partial charge on any atom is 0.284 e. The number of fused-ring (bicyclic) bond motifs is 1. The van der Waals surface area contributed by atoms with Gasteiger partial charge in [-0.1, -0.05) is 47.7 Å². The van der Waals surface area contributed by atoms with E-state index in [1.165, 1.54) is 16.9 Å². The number of anilines is 1. The largest absolute Gasteiger partial charge is 0.354 e. The van der Waals surface area contributed by atoms with Crippen molar-refractivity contribution in [3.63, 3.8) is 0 Å². The fourth-order valence-electron chi connectivity index (χ4n) is 2.90. The number of likely N-dealkylation sites (N-methyl/N-ethyl adjacent to an activating group) is 1. The molecular weight excluding hydrogens is 372 g/mol. The van der Waals surface area contributed by atoms with Gasteiger partial charge in [0.15, 0.2) is 18.2 Å². The van der Waals surface area contributed by atoms with Crippen LogP contribution in [0.15, 0.2) is 42.5 Å². The molecule has 0 spiro atoms. The number of rotatable bonds is 7. The van der Waals surface area contributed by atoms with Crippen molar-refractivity contribution in [2.24, 2.45) is 0 Å². The molecule has 0 saturated heterocycles. The van der Waals surface area contributed by atoms with Crippen molar-refractivity contribution < 1.29 is 14.9 Å². The molecule has 0 saturated carbocycles. The van der Waals surface area contributed by atoms with E-state index < -0.39 is 0 Å². The summed E-state index contributed by atoms with van der Waals surface area (Å²) in [7, 11) is 1.59. The number of quaternary nitrogens is 1. The average molecular weight is 398 g/mol. The Hall–Kier alpha value is -2.77. The van der Waals surface area contributed by atoms with Gasteiger partial charge in [0.05, 0.1) is 16.8 Å². The lowest BCUT2D eigenvalue weighted by Crippen LogP contribution is -2.88. The Morgan fingerprint density at radius 3 is 2.57 bits per heavy atom. The maximum absolute atomic E-state index is 13.0. The molecule has 3 N–H and O–H groups in total. The number of aromatic nitrogens is 1. The van der Waals surface area contributed by atoms with Crippen LogP contribution in [0.1, 0.15) is 16.7 Å². The lowest BCUT2D eigenvalue weighted by Gasteiger charge is -2.19. The standard InChI is InChI=1S/C21H24N4O2S/c1-14-9-10-17-20(15(14)2)24-21(28-17)25(13-16-7-5-4-6-8-16)19(27)12-23-11-18(26)22-3/h4-10,23H,11-13H2,1-3H3,(H,22,26)/p+1. The van der Waals surface area contributed by atoms with E-state index in [0.29, 0.717) is 11.7 Å². The first kappa shape index (κ1) is 20.0. The fourth-order valence-corrected chi connectivity index (χ4v) is 3.94. The minimum atomic E-state index is -0.103. The molecule has 28 heavy (non-hydrogen) atoms. The van der Waals surface area contributed by atoms with Gasteiger partial charge in [-0.3, -0.25) is 14.5 Å². The zero-order valence-corrected chi connectivity index (χ0v) is 17.2. The summed E-state index contributed by atoms with van der Waals surface area (Å²) in [4.78, 5) is 30.9. The lowest BCUT2D eigenvalue weighted by molar-refractivity contribution is -0.632. The van der Waals surface area contributed by atoms with Gasteiger partial charge >= 0.3 is 0 Å². The van der Waals surface area contributed by atoms with Gasteiger partial charge in [-0.2, -0.15) is 0 Å². The number of amides is 2. The average Bonchev–Trinajstić information content (AvgIpc) is 3.14. The third-order valence-corrected chi connectivity index (χ3v) is 5.76. The first-order valence-electron chi connectivity index (χ1n) is 9.23. The van der Waals surface area contributed by atoms with Crippen molar-refractivity contribution in [1.29, 1.82) is 0 Å². The van der Waals surface area contributed by atoms with Gasteiger partial charge < -0.3 is 10.6 Å². The molecule has 7 heteroatoms. The van der Waals surface area contributed by atoms with Crippen molar-refractivity contribution >= 4 is 38.5 Å². The summed E-state index contributed by atoms with van der Waals surface area (Å²) in [6.07, 6.45) is 0. The van der Waals surface area contributed by atoms with Gasteiger partial charge in [-0.05, 0) is 36.6 Å². The van der Waals surface area contributed by atoms with Gasteiger partial charge in [0, 0.05) is 7.05 Å². The number of aryl methyl sites for hydroxylation is 2. The predicted octanol–water partition coefficient (Wildman–Crippen LogP) is 1.76. The number of carbonyl (C=O) groups is 2. The molecule has 1 aromatic heterocycles. The molecular formula is C21H25N4O2S+. The Balaban J connectivity index is 1.88. The van der Waals surface area contributed by atoms with E-state index in [1.807, 2.05) is 30.3 Å². The predicted molar refractivity (Wildman–Crippen MR) is 112 cm³/mol. The third-order valence-electron chi connectivity index (χ3n) is 4.72. The highest BCUT2D eigenvalue weighted by Crippen LogP contribution is 2.32. The Kier molecular flexibility index (Phi) is 6.38. The zero-order chi connectivity index (χ0) is 20.1. The topological polar surface area (TPSA) is 78.9 Å². The first-order chi connectivity index (χ1) is 13.5. The van der Waals surface area contributed by atoms with E-state index in [1.54, 1.807) is 17.3 Å². The van der Waals surface area contributed by atoms with E-state index >= 15 is 0 Å². The van der Waals surface area contributed by atoms with Crippen LogP contribution >= 0.6 is 11.3 Å². The monoisotopic (exact) mass is 397 g/mol. The molecule has 0 unspecified atom stereocenters.